The number of benzene rings is 1. The van der Waals surface area contributed by atoms with Crippen molar-refractivity contribution in [1.29, 1.82) is 0 Å². The molecule has 0 fully saturated rings. The van der Waals surface area contributed by atoms with Crippen LogP contribution in [0.25, 0.3) is 0 Å². The van der Waals surface area contributed by atoms with E-state index in [9.17, 15) is 9.90 Å². The van der Waals surface area contributed by atoms with E-state index >= 15 is 0 Å². The molecule has 19 heavy (non-hydrogen) atoms. The molecule has 0 bridgehead atoms. The average molecular weight is 282 g/mol. The van der Waals surface area contributed by atoms with Crippen molar-refractivity contribution >= 4 is 23.4 Å². The topological polar surface area (TPSA) is 75.3 Å². The van der Waals surface area contributed by atoms with Gasteiger partial charge in [0, 0.05) is 17.0 Å². The lowest BCUT2D eigenvalue weighted by Gasteiger charge is -2.23. The number of hydrogen-bond acceptors (Lipinski definition) is 4. The zero-order chi connectivity index (χ0) is 14.4. The molecule has 106 valence electrons. The molecule has 4 N–H and O–H groups in total. The molecule has 0 aliphatic heterocycles. The molecule has 0 saturated carbocycles. The van der Waals surface area contributed by atoms with Crippen LogP contribution in [0.3, 0.4) is 0 Å². The van der Waals surface area contributed by atoms with Crippen LogP contribution >= 0.6 is 11.8 Å². The SMILES string of the molecule is CSC(CO)C(C)NC(=O)C(C)c1cccc(N)c1. The van der Waals surface area contributed by atoms with E-state index in [1.807, 2.05) is 38.3 Å². The zero-order valence-electron chi connectivity index (χ0n) is 11.6. The Kier molecular flexibility index (Phi) is 6.18. The fourth-order valence-corrected chi connectivity index (χ4v) is 2.48. The molecule has 3 unspecified atom stereocenters. The van der Waals surface area contributed by atoms with Gasteiger partial charge in [-0.25, -0.2) is 0 Å². The van der Waals surface area contributed by atoms with Crippen LogP contribution in [0.15, 0.2) is 24.3 Å². The number of nitrogens with two attached hydrogens (primary N) is 1. The van der Waals surface area contributed by atoms with Crippen LogP contribution in [-0.4, -0.2) is 35.2 Å². The molecule has 1 rings (SSSR count). The summed E-state index contributed by atoms with van der Waals surface area (Å²) in [6, 6.07) is 7.27. The first-order valence-electron chi connectivity index (χ1n) is 6.29. The molecule has 0 heterocycles. The molecular weight excluding hydrogens is 260 g/mol. The molecule has 1 aromatic carbocycles. The number of aliphatic hydroxyl groups is 1. The summed E-state index contributed by atoms with van der Waals surface area (Å²) in [4.78, 5) is 12.2. The quantitative estimate of drug-likeness (QED) is 0.693. The minimum atomic E-state index is -0.257. The highest BCUT2D eigenvalue weighted by Gasteiger charge is 2.21. The molecular formula is C14H22N2O2S. The van der Waals surface area contributed by atoms with E-state index in [2.05, 4.69) is 5.32 Å². The van der Waals surface area contributed by atoms with Gasteiger partial charge in [0.2, 0.25) is 5.91 Å². The van der Waals surface area contributed by atoms with Gasteiger partial charge in [-0.3, -0.25) is 4.79 Å². The first kappa shape index (κ1) is 15.9. The number of carbonyl (C=O) groups is 1. The fraction of sp³-hybridized carbons (Fsp3) is 0.500. The van der Waals surface area contributed by atoms with Gasteiger partial charge in [-0.15, -0.1) is 0 Å². The molecule has 0 radical (unpaired) electrons. The summed E-state index contributed by atoms with van der Waals surface area (Å²) in [5.74, 6) is -0.308. The maximum Gasteiger partial charge on any atom is 0.227 e. The van der Waals surface area contributed by atoms with Gasteiger partial charge >= 0.3 is 0 Å². The van der Waals surface area contributed by atoms with Crippen LogP contribution in [0.5, 0.6) is 0 Å². The van der Waals surface area contributed by atoms with Crippen LogP contribution in [0.1, 0.15) is 25.3 Å². The minimum Gasteiger partial charge on any atom is -0.399 e. The van der Waals surface area contributed by atoms with Crippen molar-refractivity contribution in [2.45, 2.75) is 31.1 Å². The number of thioether (sulfide) groups is 1. The van der Waals surface area contributed by atoms with Gasteiger partial charge in [-0.05, 0) is 37.8 Å². The Hall–Kier alpha value is -1.20. The lowest BCUT2D eigenvalue weighted by atomic mass is 9.99. The van der Waals surface area contributed by atoms with Crippen molar-refractivity contribution in [3.8, 4) is 0 Å². The Balaban J connectivity index is 2.67. The van der Waals surface area contributed by atoms with Crippen LogP contribution in [-0.2, 0) is 4.79 Å². The second-order valence-corrected chi connectivity index (χ2v) is 5.72. The molecule has 0 aliphatic rings. The van der Waals surface area contributed by atoms with Gasteiger partial charge in [0.1, 0.15) is 0 Å². The molecule has 0 spiro atoms. The average Bonchev–Trinajstić information content (AvgIpc) is 2.39. The number of rotatable bonds is 6. The Labute approximate surface area is 118 Å². The number of hydrogen-bond donors (Lipinski definition) is 3. The predicted octanol–water partition coefficient (Wildman–Crippen LogP) is 1.60. The normalized spacial score (nSPS) is 15.6. The highest BCUT2D eigenvalue weighted by molar-refractivity contribution is 7.99. The molecule has 5 heteroatoms. The number of amides is 1. The number of aliphatic hydroxyl groups excluding tert-OH is 1. The Morgan fingerprint density at radius 3 is 2.68 bits per heavy atom. The summed E-state index contributed by atoms with van der Waals surface area (Å²) < 4.78 is 0. The second kappa shape index (κ2) is 7.40. The highest BCUT2D eigenvalue weighted by Crippen LogP contribution is 2.19. The van der Waals surface area contributed by atoms with Gasteiger partial charge in [0.05, 0.1) is 12.5 Å². The van der Waals surface area contributed by atoms with Gasteiger partial charge in [-0.1, -0.05) is 12.1 Å². The minimum absolute atomic E-state index is 0.0111. The monoisotopic (exact) mass is 282 g/mol. The maximum absolute atomic E-state index is 12.2. The summed E-state index contributed by atoms with van der Waals surface area (Å²) in [6.07, 6.45) is 1.92. The second-order valence-electron chi connectivity index (χ2n) is 4.65. The van der Waals surface area contributed by atoms with E-state index in [1.165, 1.54) is 0 Å². The number of anilines is 1. The molecule has 0 aliphatic carbocycles. The third kappa shape index (κ3) is 4.44. The van der Waals surface area contributed by atoms with Crippen LogP contribution in [0.2, 0.25) is 0 Å². The zero-order valence-corrected chi connectivity index (χ0v) is 12.4. The summed E-state index contributed by atoms with van der Waals surface area (Å²) in [5, 5.41) is 12.2. The fourth-order valence-electron chi connectivity index (χ4n) is 1.86. The van der Waals surface area contributed by atoms with Gasteiger partial charge in [0.25, 0.3) is 0 Å². The summed E-state index contributed by atoms with van der Waals surface area (Å²) in [7, 11) is 0. The van der Waals surface area contributed by atoms with Crippen molar-refractivity contribution in [3.05, 3.63) is 29.8 Å². The molecule has 1 aromatic rings. The molecule has 0 aromatic heterocycles. The maximum atomic E-state index is 12.2. The number of nitrogens with one attached hydrogen (secondary N) is 1. The molecule has 0 saturated heterocycles. The predicted molar refractivity (Wildman–Crippen MR) is 81.3 cm³/mol. The van der Waals surface area contributed by atoms with E-state index in [0.717, 1.165) is 5.56 Å². The van der Waals surface area contributed by atoms with Crippen LogP contribution < -0.4 is 11.1 Å². The van der Waals surface area contributed by atoms with E-state index in [1.54, 1.807) is 17.8 Å². The number of carbonyl (C=O) groups excluding carboxylic acids is 1. The standard InChI is InChI=1S/C14H22N2O2S/c1-9(11-5-4-6-12(15)7-11)14(18)16-10(2)13(8-17)19-3/h4-7,9-10,13,17H,8,15H2,1-3H3,(H,16,18). The third-order valence-electron chi connectivity index (χ3n) is 3.21. The van der Waals surface area contributed by atoms with Crippen molar-refractivity contribution in [3.63, 3.8) is 0 Å². The highest BCUT2D eigenvalue weighted by atomic mass is 32.2. The summed E-state index contributed by atoms with van der Waals surface area (Å²) in [5.41, 5.74) is 7.27. The first-order chi connectivity index (χ1) is 8.99. The molecule has 4 nitrogen and oxygen atoms in total. The summed E-state index contributed by atoms with van der Waals surface area (Å²) in [6.45, 7) is 3.81. The third-order valence-corrected chi connectivity index (χ3v) is 4.38. The van der Waals surface area contributed by atoms with Gasteiger partial charge < -0.3 is 16.2 Å². The van der Waals surface area contributed by atoms with Crippen molar-refractivity contribution in [1.82, 2.24) is 5.32 Å². The van der Waals surface area contributed by atoms with Crippen LogP contribution in [0, 0.1) is 0 Å². The van der Waals surface area contributed by atoms with Crippen molar-refractivity contribution < 1.29 is 9.90 Å². The van der Waals surface area contributed by atoms with Crippen molar-refractivity contribution in [2.75, 3.05) is 18.6 Å². The Morgan fingerprint density at radius 2 is 2.16 bits per heavy atom. The van der Waals surface area contributed by atoms with Crippen LogP contribution in [0.4, 0.5) is 5.69 Å². The van der Waals surface area contributed by atoms with Crippen molar-refractivity contribution in [2.24, 2.45) is 0 Å². The molecule has 1 amide bonds. The Bertz CT molecular complexity index is 422. The smallest absolute Gasteiger partial charge is 0.227 e. The largest absolute Gasteiger partial charge is 0.399 e. The van der Waals surface area contributed by atoms with Gasteiger partial charge in [-0.2, -0.15) is 11.8 Å². The lowest BCUT2D eigenvalue weighted by molar-refractivity contribution is -0.122. The Morgan fingerprint density at radius 1 is 1.47 bits per heavy atom. The lowest BCUT2D eigenvalue weighted by Crippen LogP contribution is -2.42. The van der Waals surface area contributed by atoms with E-state index in [-0.39, 0.29) is 29.7 Å². The first-order valence-corrected chi connectivity index (χ1v) is 7.57. The van der Waals surface area contributed by atoms with E-state index in [4.69, 9.17) is 5.73 Å². The number of nitrogen functional groups attached to an aromatic ring is 1. The molecule has 3 atom stereocenters. The van der Waals surface area contributed by atoms with E-state index < -0.39 is 0 Å². The van der Waals surface area contributed by atoms with Gasteiger partial charge in [0.15, 0.2) is 0 Å². The summed E-state index contributed by atoms with van der Waals surface area (Å²) >= 11 is 1.55. The van der Waals surface area contributed by atoms with E-state index in [0.29, 0.717) is 5.69 Å².